The smallest absolute Gasteiger partial charge is 0.0642 e. The van der Waals surface area contributed by atoms with Crippen LogP contribution in [0.25, 0.3) is 0 Å². The number of nitrogens with zero attached hydrogens (tertiary/aromatic N) is 1. The second kappa shape index (κ2) is 6.47. The quantitative estimate of drug-likeness (QED) is 0.859. The molecule has 0 spiro atoms. The highest BCUT2D eigenvalue weighted by molar-refractivity contribution is 6.42. The monoisotopic (exact) mass is 296 g/mol. The zero-order chi connectivity index (χ0) is 13.8. The number of halogens is 2. The lowest BCUT2D eigenvalue weighted by atomic mass is 10.1. The maximum atomic E-state index is 6.21. The lowest BCUT2D eigenvalue weighted by molar-refractivity contribution is 0.575. The van der Waals surface area contributed by atoms with E-state index in [1.165, 1.54) is 5.56 Å². The minimum absolute atomic E-state index is 0.399. The van der Waals surface area contributed by atoms with Crippen LogP contribution in [0.5, 0.6) is 0 Å². The summed E-state index contributed by atoms with van der Waals surface area (Å²) in [5, 5.41) is 4.55. The van der Waals surface area contributed by atoms with E-state index in [0.717, 1.165) is 18.5 Å². The SMILES string of the molecule is CCC(NC)c1ccn(Cc2cccc(Cl)c2Cl)c1. The van der Waals surface area contributed by atoms with Crippen molar-refractivity contribution in [1.29, 1.82) is 0 Å². The van der Waals surface area contributed by atoms with E-state index in [1.807, 2.05) is 25.2 Å². The van der Waals surface area contributed by atoms with Gasteiger partial charge in [0.1, 0.15) is 0 Å². The molecule has 0 aliphatic heterocycles. The molecule has 1 atom stereocenters. The molecule has 19 heavy (non-hydrogen) atoms. The standard InChI is InChI=1S/C15H18Cl2N2/c1-3-14(18-2)11-7-8-19(9-11)10-12-5-4-6-13(16)15(12)17/h4-9,14,18H,3,10H2,1-2H3. The van der Waals surface area contributed by atoms with Gasteiger partial charge in [-0.15, -0.1) is 0 Å². The molecular formula is C15H18Cl2N2. The highest BCUT2D eigenvalue weighted by atomic mass is 35.5. The molecule has 2 aromatic rings. The van der Waals surface area contributed by atoms with Crippen molar-refractivity contribution >= 4 is 23.2 Å². The van der Waals surface area contributed by atoms with Crippen LogP contribution in [-0.2, 0) is 6.54 Å². The maximum Gasteiger partial charge on any atom is 0.0642 e. The summed E-state index contributed by atoms with van der Waals surface area (Å²) in [5.74, 6) is 0. The van der Waals surface area contributed by atoms with E-state index in [0.29, 0.717) is 16.1 Å². The third-order valence-corrected chi connectivity index (χ3v) is 4.17. The molecule has 0 radical (unpaired) electrons. The van der Waals surface area contributed by atoms with Gasteiger partial charge in [0.25, 0.3) is 0 Å². The molecule has 0 saturated carbocycles. The summed E-state index contributed by atoms with van der Waals surface area (Å²) in [7, 11) is 1.99. The Morgan fingerprint density at radius 3 is 2.74 bits per heavy atom. The number of benzene rings is 1. The first-order valence-electron chi connectivity index (χ1n) is 6.41. The molecule has 4 heteroatoms. The van der Waals surface area contributed by atoms with Crippen molar-refractivity contribution in [3.63, 3.8) is 0 Å². The van der Waals surface area contributed by atoms with Gasteiger partial charge in [0.05, 0.1) is 10.0 Å². The van der Waals surface area contributed by atoms with Crippen LogP contribution in [0.4, 0.5) is 0 Å². The predicted octanol–water partition coefficient (Wildman–Crippen LogP) is 4.51. The van der Waals surface area contributed by atoms with Gasteiger partial charge in [-0.05, 0) is 36.7 Å². The van der Waals surface area contributed by atoms with Crippen molar-refractivity contribution in [3.05, 3.63) is 57.8 Å². The lowest BCUT2D eigenvalue weighted by Gasteiger charge is -2.11. The summed E-state index contributed by atoms with van der Waals surface area (Å²) >= 11 is 12.2. The topological polar surface area (TPSA) is 17.0 Å². The van der Waals surface area contributed by atoms with Crippen LogP contribution in [0, 0.1) is 0 Å². The van der Waals surface area contributed by atoms with Crippen LogP contribution < -0.4 is 5.32 Å². The van der Waals surface area contributed by atoms with E-state index in [-0.39, 0.29) is 0 Å². The molecule has 0 aliphatic carbocycles. The molecule has 2 rings (SSSR count). The Labute approximate surface area is 124 Å². The molecule has 102 valence electrons. The first-order chi connectivity index (χ1) is 9.15. The van der Waals surface area contributed by atoms with Gasteiger partial charge < -0.3 is 9.88 Å². The third kappa shape index (κ3) is 3.33. The lowest BCUT2D eigenvalue weighted by Crippen LogP contribution is -2.14. The van der Waals surface area contributed by atoms with Crippen molar-refractivity contribution in [3.8, 4) is 0 Å². The molecule has 2 nitrogen and oxygen atoms in total. The molecule has 1 aromatic heterocycles. The molecule has 0 bridgehead atoms. The van der Waals surface area contributed by atoms with Gasteiger partial charge in [0, 0.05) is 25.0 Å². The summed E-state index contributed by atoms with van der Waals surface area (Å²) in [6, 6.07) is 8.28. The van der Waals surface area contributed by atoms with Crippen molar-refractivity contribution in [2.24, 2.45) is 0 Å². The van der Waals surface area contributed by atoms with Crippen molar-refractivity contribution in [2.75, 3.05) is 7.05 Å². The highest BCUT2D eigenvalue weighted by Crippen LogP contribution is 2.26. The van der Waals surface area contributed by atoms with Crippen molar-refractivity contribution in [2.45, 2.75) is 25.9 Å². The Hall–Kier alpha value is -0.960. The molecule has 0 aliphatic rings. The van der Waals surface area contributed by atoms with Gasteiger partial charge in [0.2, 0.25) is 0 Å². The van der Waals surface area contributed by atoms with Crippen LogP contribution in [0.2, 0.25) is 10.0 Å². The van der Waals surface area contributed by atoms with Gasteiger partial charge in [0.15, 0.2) is 0 Å². The first kappa shape index (κ1) is 14.4. The fourth-order valence-corrected chi connectivity index (χ4v) is 2.62. The molecule has 1 aromatic carbocycles. The van der Waals surface area contributed by atoms with Crippen LogP contribution in [0.3, 0.4) is 0 Å². The summed E-state index contributed by atoms with van der Waals surface area (Å²) in [5.41, 5.74) is 2.33. The van der Waals surface area contributed by atoms with Gasteiger partial charge >= 0.3 is 0 Å². The van der Waals surface area contributed by atoms with E-state index >= 15 is 0 Å². The minimum atomic E-state index is 0.399. The average molecular weight is 297 g/mol. The van der Waals surface area contributed by atoms with E-state index in [1.54, 1.807) is 0 Å². The van der Waals surface area contributed by atoms with E-state index in [2.05, 4.69) is 35.3 Å². The molecule has 1 heterocycles. The Morgan fingerprint density at radius 2 is 2.05 bits per heavy atom. The second-order valence-corrected chi connectivity index (χ2v) is 5.36. The molecular weight excluding hydrogens is 279 g/mol. The molecule has 1 N–H and O–H groups in total. The first-order valence-corrected chi connectivity index (χ1v) is 7.17. The maximum absolute atomic E-state index is 6.21. The molecule has 0 amide bonds. The van der Waals surface area contributed by atoms with Gasteiger partial charge in [-0.1, -0.05) is 42.3 Å². The zero-order valence-electron chi connectivity index (χ0n) is 11.2. The Bertz CT molecular complexity index is 545. The number of hydrogen-bond donors (Lipinski definition) is 1. The Kier molecular flexibility index (Phi) is 4.92. The third-order valence-electron chi connectivity index (χ3n) is 3.32. The summed E-state index contributed by atoms with van der Waals surface area (Å²) in [6.07, 6.45) is 5.30. The largest absolute Gasteiger partial charge is 0.350 e. The van der Waals surface area contributed by atoms with Crippen molar-refractivity contribution < 1.29 is 0 Å². The average Bonchev–Trinajstić information content (AvgIpc) is 2.85. The van der Waals surface area contributed by atoms with E-state index in [9.17, 15) is 0 Å². The van der Waals surface area contributed by atoms with E-state index < -0.39 is 0 Å². The fourth-order valence-electron chi connectivity index (χ4n) is 2.24. The van der Waals surface area contributed by atoms with Gasteiger partial charge in [-0.3, -0.25) is 0 Å². The summed E-state index contributed by atoms with van der Waals surface area (Å²) < 4.78 is 2.13. The van der Waals surface area contributed by atoms with Crippen LogP contribution in [-0.4, -0.2) is 11.6 Å². The Morgan fingerprint density at radius 1 is 1.26 bits per heavy atom. The van der Waals surface area contributed by atoms with Crippen LogP contribution >= 0.6 is 23.2 Å². The molecule has 1 unspecified atom stereocenters. The Balaban J connectivity index is 2.18. The molecule has 0 fully saturated rings. The van der Waals surface area contributed by atoms with E-state index in [4.69, 9.17) is 23.2 Å². The number of nitrogens with one attached hydrogen (secondary N) is 1. The van der Waals surface area contributed by atoms with Gasteiger partial charge in [-0.25, -0.2) is 0 Å². The number of rotatable bonds is 5. The molecule has 0 saturated heterocycles. The van der Waals surface area contributed by atoms with Crippen LogP contribution in [0.1, 0.15) is 30.5 Å². The van der Waals surface area contributed by atoms with Crippen molar-refractivity contribution in [1.82, 2.24) is 9.88 Å². The zero-order valence-corrected chi connectivity index (χ0v) is 12.7. The van der Waals surface area contributed by atoms with Gasteiger partial charge in [-0.2, -0.15) is 0 Å². The predicted molar refractivity (Wildman–Crippen MR) is 82.1 cm³/mol. The number of aromatic nitrogens is 1. The summed E-state index contributed by atoms with van der Waals surface area (Å²) in [4.78, 5) is 0. The van der Waals surface area contributed by atoms with Crippen LogP contribution in [0.15, 0.2) is 36.7 Å². The number of hydrogen-bond acceptors (Lipinski definition) is 1. The normalized spacial score (nSPS) is 12.6. The fraction of sp³-hybridized carbons (Fsp3) is 0.333. The summed E-state index contributed by atoms with van der Waals surface area (Å²) in [6.45, 7) is 2.91. The highest BCUT2D eigenvalue weighted by Gasteiger charge is 2.09. The second-order valence-electron chi connectivity index (χ2n) is 4.58. The minimum Gasteiger partial charge on any atom is -0.350 e.